The lowest BCUT2D eigenvalue weighted by molar-refractivity contribution is 0.0871. The first kappa shape index (κ1) is 14.5. The molecule has 1 unspecified atom stereocenters. The Morgan fingerprint density at radius 2 is 2.10 bits per heavy atom. The van der Waals surface area contributed by atoms with E-state index in [4.69, 9.17) is 10.8 Å². The first-order chi connectivity index (χ1) is 10.2. The number of aryl methyl sites for hydroxylation is 1. The van der Waals surface area contributed by atoms with Crippen molar-refractivity contribution in [3.05, 3.63) is 30.0 Å². The maximum atomic E-state index is 5.96. The summed E-state index contributed by atoms with van der Waals surface area (Å²) in [4.78, 5) is 4.84. The van der Waals surface area contributed by atoms with Gasteiger partial charge >= 0.3 is 0 Å². The van der Waals surface area contributed by atoms with Crippen molar-refractivity contribution in [1.82, 2.24) is 19.6 Å². The molecule has 0 bridgehead atoms. The number of likely N-dealkylation sites (N-methyl/N-ethyl adjacent to an activating group) is 1. The van der Waals surface area contributed by atoms with E-state index in [0.717, 1.165) is 32.7 Å². The van der Waals surface area contributed by atoms with Crippen LogP contribution in [0.5, 0.6) is 0 Å². The van der Waals surface area contributed by atoms with Gasteiger partial charge < -0.3 is 10.6 Å². The quantitative estimate of drug-likeness (QED) is 0.916. The van der Waals surface area contributed by atoms with Gasteiger partial charge in [0.1, 0.15) is 0 Å². The highest BCUT2D eigenvalue weighted by atomic mass is 15.3. The zero-order chi connectivity index (χ0) is 14.8. The summed E-state index contributed by atoms with van der Waals surface area (Å²) in [6.45, 7) is 7.85. The minimum atomic E-state index is 0.425. The maximum absolute atomic E-state index is 5.96. The van der Waals surface area contributed by atoms with Crippen LogP contribution in [0.15, 0.2) is 24.3 Å². The second-order valence-electron chi connectivity index (χ2n) is 5.90. The molecule has 5 heteroatoms. The molecule has 1 fully saturated rings. The van der Waals surface area contributed by atoms with E-state index in [1.165, 1.54) is 16.6 Å². The second-order valence-corrected chi connectivity index (χ2v) is 5.90. The fourth-order valence-corrected chi connectivity index (χ4v) is 3.23. The van der Waals surface area contributed by atoms with Gasteiger partial charge in [-0.2, -0.15) is 5.10 Å². The van der Waals surface area contributed by atoms with Crippen molar-refractivity contribution in [3.8, 4) is 0 Å². The highest BCUT2D eigenvalue weighted by Gasteiger charge is 2.25. The van der Waals surface area contributed by atoms with Crippen molar-refractivity contribution >= 4 is 10.9 Å². The summed E-state index contributed by atoms with van der Waals surface area (Å²) in [5.74, 6) is 0. The molecule has 0 saturated carbocycles. The third-order valence-electron chi connectivity index (χ3n) is 4.47. The second kappa shape index (κ2) is 6.13. The summed E-state index contributed by atoms with van der Waals surface area (Å²) in [6, 6.07) is 8.93. The number of nitrogens with zero attached hydrogens (tertiary/aromatic N) is 4. The number of piperazine rings is 1. The maximum Gasteiger partial charge on any atom is 0.0843 e. The van der Waals surface area contributed by atoms with E-state index >= 15 is 0 Å². The minimum Gasteiger partial charge on any atom is -0.329 e. The van der Waals surface area contributed by atoms with Crippen LogP contribution in [0.2, 0.25) is 0 Å². The zero-order valence-corrected chi connectivity index (χ0v) is 13.0. The molecule has 0 spiro atoms. The van der Waals surface area contributed by atoms with Crippen LogP contribution in [0.4, 0.5) is 0 Å². The normalized spacial score (nSPS) is 21.2. The fraction of sp³-hybridized carbons (Fsp3) is 0.562. The van der Waals surface area contributed by atoms with Gasteiger partial charge in [0.2, 0.25) is 0 Å². The van der Waals surface area contributed by atoms with Crippen molar-refractivity contribution in [3.63, 3.8) is 0 Å². The van der Waals surface area contributed by atoms with Gasteiger partial charge in [0, 0.05) is 50.7 Å². The average Bonchev–Trinajstić information content (AvgIpc) is 2.87. The van der Waals surface area contributed by atoms with Crippen molar-refractivity contribution < 1.29 is 0 Å². The molecule has 114 valence electrons. The molecule has 1 aromatic carbocycles. The molecule has 0 aliphatic carbocycles. The summed E-state index contributed by atoms with van der Waals surface area (Å²) in [5.41, 5.74) is 8.37. The average molecular weight is 287 g/mol. The molecule has 1 aromatic heterocycles. The number of aromatic nitrogens is 2. The van der Waals surface area contributed by atoms with Crippen LogP contribution in [0, 0.1) is 0 Å². The monoisotopic (exact) mass is 287 g/mol. The Kier molecular flexibility index (Phi) is 4.24. The molecule has 1 aliphatic heterocycles. The lowest BCUT2D eigenvalue weighted by atomic mass is 10.1. The first-order valence-corrected chi connectivity index (χ1v) is 7.80. The standard InChI is InChI=1S/C16H25N5/c1-3-21-16-7-5-4-6-14(16)15(18-21)12-20-9-8-19(2)11-13(20)10-17/h4-7,13H,3,8-12,17H2,1-2H3. The van der Waals surface area contributed by atoms with Gasteiger partial charge in [-0.05, 0) is 20.0 Å². The van der Waals surface area contributed by atoms with Crippen LogP contribution in [0.1, 0.15) is 12.6 Å². The molecule has 2 N–H and O–H groups in total. The van der Waals surface area contributed by atoms with Crippen LogP contribution in [-0.2, 0) is 13.1 Å². The smallest absolute Gasteiger partial charge is 0.0843 e. The SMILES string of the molecule is CCn1nc(CN2CCN(C)CC2CN)c2ccccc21. The number of rotatable bonds is 4. The Labute approximate surface area is 126 Å². The van der Waals surface area contributed by atoms with Crippen LogP contribution in [0.3, 0.4) is 0 Å². The fourth-order valence-electron chi connectivity index (χ4n) is 3.23. The molecule has 1 aliphatic rings. The molecule has 1 atom stereocenters. The minimum absolute atomic E-state index is 0.425. The third kappa shape index (κ3) is 2.81. The van der Waals surface area contributed by atoms with Gasteiger partial charge in [-0.3, -0.25) is 9.58 Å². The topological polar surface area (TPSA) is 50.3 Å². The lowest BCUT2D eigenvalue weighted by Crippen LogP contribution is -2.54. The molecule has 2 aromatic rings. The molecule has 21 heavy (non-hydrogen) atoms. The molecule has 0 radical (unpaired) electrons. The van der Waals surface area contributed by atoms with E-state index in [-0.39, 0.29) is 0 Å². The predicted octanol–water partition coefficient (Wildman–Crippen LogP) is 1.13. The molecular weight excluding hydrogens is 262 g/mol. The van der Waals surface area contributed by atoms with E-state index in [2.05, 4.69) is 52.7 Å². The molecule has 3 rings (SSSR count). The van der Waals surface area contributed by atoms with Gasteiger partial charge in [0.15, 0.2) is 0 Å². The van der Waals surface area contributed by atoms with Crippen LogP contribution >= 0.6 is 0 Å². The third-order valence-corrected chi connectivity index (χ3v) is 4.47. The summed E-state index contributed by atoms with van der Waals surface area (Å²) >= 11 is 0. The van der Waals surface area contributed by atoms with Gasteiger partial charge in [0.25, 0.3) is 0 Å². The van der Waals surface area contributed by atoms with E-state index in [0.29, 0.717) is 12.6 Å². The van der Waals surface area contributed by atoms with Crippen molar-refractivity contribution in [2.24, 2.45) is 5.73 Å². The van der Waals surface area contributed by atoms with E-state index in [1.54, 1.807) is 0 Å². The zero-order valence-electron chi connectivity index (χ0n) is 13.0. The van der Waals surface area contributed by atoms with Crippen molar-refractivity contribution in [2.45, 2.75) is 26.1 Å². The van der Waals surface area contributed by atoms with Gasteiger partial charge in [-0.15, -0.1) is 0 Å². The Bertz CT molecular complexity index is 606. The van der Waals surface area contributed by atoms with Gasteiger partial charge in [-0.25, -0.2) is 0 Å². The largest absolute Gasteiger partial charge is 0.329 e. The Hall–Kier alpha value is -1.43. The number of hydrogen-bond donors (Lipinski definition) is 1. The number of fused-ring (bicyclic) bond motifs is 1. The first-order valence-electron chi connectivity index (χ1n) is 7.80. The number of hydrogen-bond acceptors (Lipinski definition) is 4. The summed E-state index contributed by atoms with van der Waals surface area (Å²) in [6.07, 6.45) is 0. The molecular formula is C16H25N5. The highest BCUT2D eigenvalue weighted by Crippen LogP contribution is 2.21. The molecule has 2 heterocycles. The van der Waals surface area contributed by atoms with Crippen molar-refractivity contribution in [1.29, 1.82) is 0 Å². The lowest BCUT2D eigenvalue weighted by Gasteiger charge is -2.39. The number of benzene rings is 1. The van der Waals surface area contributed by atoms with Crippen molar-refractivity contribution in [2.75, 3.05) is 33.2 Å². The Balaban J connectivity index is 1.87. The summed E-state index contributed by atoms with van der Waals surface area (Å²) < 4.78 is 2.10. The predicted molar refractivity (Wildman–Crippen MR) is 86.2 cm³/mol. The highest BCUT2D eigenvalue weighted by molar-refractivity contribution is 5.81. The molecule has 1 saturated heterocycles. The van der Waals surface area contributed by atoms with Crippen LogP contribution < -0.4 is 5.73 Å². The van der Waals surface area contributed by atoms with E-state index in [9.17, 15) is 0 Å². The van der Waals surface area contributed by atoms with E-state index < -0.39 is 0 Å². The number of para-hydroxylation sites is 1. The number of nitrogens with two attached hydrogens (primary N) is 1. The Morgan fingerprint density at radius 3 is 2.86 bits per heavy atom. The summed E-state index contributed by atoms with van der Waals surface area (Å²) in [7, 11) is 2.17. The molecule has 0 amide bonds. The Morgan fingerprint density at radius 1 is 1.29 bits per heavy atom. The molecule has 5 nitrogen and oxygen atoms in total. The van der Waals surface area contributed by atoms with Gasteiger partial charge in [0.05, 0.1) is 11.2 Å². The van der Waals surface area contributed by atoms with Crippen LogP contribution in [0.25, 0.3) is 10.9 Å². The van der Waals surface area contributed by atoms with Crippen LogP contribution in [-0.4, -0.2) is 58.8 Å². The van der Waals surface area contributed by atoms with E-state index in [1.807, 2.05) is 0 Å². The van der Waals surface area contributed by atoms with Gasteiger partial charge in [-0.1, -0.05) is 18.2 Å². The summed E-state index contributed by atoms with van der Waals surface area (Å²) in [5, 5.41) is 6.08.